The lowest BCUT2D eigenvalue weighted by atomic mass is 9.91. The maximum absolute atomic E-state index is 6.70. The van der Waals surface area contributed by atoms with Crippen molar-refractivity contribution >= 4 is 11.0 Å². The quantitative estimate of drug-likeness (QED) is 0.178. The molecule has 0 bridgehead atoms. The van der Waals surface area contributed by atoms with E-state index < -0.39 is 0 Å². The third kappa shape index (κ3) is 6.62. The van der Waals surface area contributed by atoms with Crippen LogP contribution in [0.15, 0.2) is 48.5 Å². The Bertz CT molecular complexity index is 1760. The molecular formula is C36H44N8O2. The Labute approximate surface area is 270 Å². The van der Waals surface area contributed by atoms with Gasteiger partial charge in [0, 0.05) is 12.0 Å². The highest BCUT2D eigenvalue weighted by atomic mass is 16.5. The molecule has 240 valence electrons. The molecule has 7 rings (SSSR count). The van der Waals surface area contributed by atoms with E-state index in [4.69, 9.17) is 19.6 Å². The van der Waals surface area contributed by atoms with Crippen molar-refractivity contribution in [3.05, 3.63) is 59.9 Å². The number of ether oxygens (including phenoxy) is 2. The summed E-state index contributed by atoms with van der Waals surface area (Å²) in [4.78, 5) is 5.30. The Morgan fingerprint density at radius 1 is 0.739 bits per heavy atom. The van der Waals surface area contributed by atoms with E-state index in [1.54, 1.807) is 0 Å². The normalized spacial score (nSPS) is 16.6. The molecule has 10 heteroatoms. The van der Waals surface area contributed by atoms with Crippen LogP contribution in [0.4, 0.5) is 0 Å². The molecule has 0 amide bonds. The van der Waals surface area contributed by atoms with Gasteiger partial charge in [0.1, 0.15) is 23.5 Å². The minimum atomic E-state index is -0.000493. The van der Waals surface area contributed by atoms with Crippen molar-refractivity contribution in [1.29, 1.82) is 0 Å². The van der Waals surface area contributed by atoms with Gasteiger partial charge in [-0.1, -0.05) is 82.1 Å². The summed E-state index contributed by atoms with van der Waals surface area (Å²) < 4.78 is 15.6. The number of imidazole rings is 1. The number of H-pyrrole nitrogens is 1. The lowest BCUT2D eigenvalue weighted by Gasteiger charge is -2.24. The first kappa shape index (κ1) is 30.3. The number of nitrogens with one attached hydrogen (secondary N) is 1. The highest BCUT2D eigenvalue weighted by Gasteiger charge is 2.28. The van der Waals surface area contributed by atoms with Crippen LogP contribution in [0.3, 0.4) is 0 Å². The molecule has 2 aliphatic rings. The number of rotatable bonds is 9. The predicted molar refractivity (Wildman–Crippen MR) is 178 cm³/mol. The molecule has 2 saturated carbocycles. The number of hydrogen-bond acceptors (Lipinski definition) is 8. The Hall–Kier alpha value is -4.34. The zero-order chi connectivity index (χ0) is 31.5. The Morgan fingerprint density at radius 3 is 2.00 bits per heavy atom. The van der Waals surface area contributed by atoms with Crippen LogP contribution in [0.25, 0.3) is 33.5 Å². The van der Waals surface area contributed by atoms with Crippen LogP contribution in [-0.4, -0.2) is 52.6 Å². The van der Waals surface area contributed by atoms with Gasteiger partial charge in [0.25, 0.3) is 11.8 Å². The molecular weight excluding hydrogens is 576 g/mol. The molecule has 0 aliphatic heterocycles. The molecule has 0 unspecified atom stereocenters. The Morgan fingerprint density at radius 2 is 1.35 bits per heavy atom. The Kier molecular flexibility index (Phi) is 8.69. The van der Waals surface area contributed by atoms with Crippen molar-refractivity contribution in [3.63, 3.8) is 0 Å². The minimum Gasteiger partial charge on any atom is -0.472 e. The molecule has 3 heterocycles. The SMILES string of the molecule is CC(C)(C)Cc1nc2c(OC3CCCCC3)nnc(OC3CCCCC3)c2n1Cc1ccccc1-c1ccccc1-c1nn[nH]n1. The van der Waals surface area contributed by atoms with E-state index in [2.05, 4.69) is 81.4 Å². The number of tetrazole rings is 1. The lowest BCUT2D eigenvalue weighted by Crippen LogP contribution is -2.22. The standard InChI is InChI=1S/C36H44N8O2/c1-36(2,3)22-30-37-31-32(35(46-26-17-8-5-9-18-26)41-40-34(31)45-25-15-6-4-7-16-25)44(30)23-24-14-10-11-19-27(24)28-20-12-13-21-29(28)33-38-42-43-39-33/h10-14,19-21,25-26H,4-9,15-18,22-23H2,1-3H3,(H,38,39,42,43). The lowest BCUT2D eigenvalue weighted by molar-refractivity contribution is 0.140. The van der Waals surface area contributed by atoms with Crippen molar-refractivity contribution in [2.45, 2.75) is 110 Å². The largest absolute Gasteiger partial charge is 0.472 e. The molecule has 3 aromatic heterocycles. The maximum atomic E-state index is 6.70. The number of benzene rings is 2. The van der Waals surface area contributed by atoms with Gasteiger partial charge in [-0.2, -0.15) is 5.21 Å². The van der Waals surface area contributed by atoms with Crippen LogP contribution in [0.5, 0.6) is 11.8 Å². The molecule has 0 spiro atoms. The van der Waals surface area contributed by atoms with Gasteiger partial charge in [-0.25, -0.2) is 4.98 Å². The first-order chi connectivity index (χ1) is 22.4. The molecule has 2 aromatic carbocycles. The number of nitrogens with zero attached hydrogens (tertiary/aromatic N) is 7. The van der Waals surface area contributed by atoms with Crippen LogP contribution < -0.4 is 9.47 Å². The smallest absolute Gasteiger partial charge is 0.262 e. The third-order valence-corrected chi connectivity index (χ3v) is 9.18. The molecule has 2 aliphatic carbocycles. The predicted octanol–water partition coefficient (Wildman–Crippen LogP) is 7.73. The Balaban J connectivity index is 1.37. The molecule has 5 aromatic rings. The van der Waals surface area contributed by atoms with Crippen molar-refractivity contribution in [2.75, 3.05) is 0 Å². The van der Waals surface area contributed by atoms with Crippen LogP contribution in [0, 0.1) is 5.41 Å². The second-order valence-electron chi connectivity index (χ2n) is 14.1. The highest BCUT2D eigenvalue weighted by Crippen LogP contribution is 2.38. The third-order valence-electron chi connectivity index (χ3n) is 9.18. The fourth-order valence-electron chi connectivity index (χ4n) is 6.95. The van der Waals surface area contributed by atoms with E-state index in [1.807, 2.05) is 18.2 Å². The molecule has 2 fully saturated rings. The highest BCUT2D eigenvalue weighted by molar-refractivity contribution is 5.86. The number of aromatic nitrogens is 8. The summed E-state index contributed by atoms with van der Waals surface area (Å²) in [5.74, 6) is 2.60. The van der Waals surface area contributed by atoms with Crippen molar-refractivity contribution in [3.8, 4) is 34.3 Å². The first-order valence-electron chi connectivity index (χ1n) is 16.9. The summed E-state index contributed by atoms with van der Waals surface area (Å²) in [5.41, 5.74) is 5.82. The van der Waals surface area contributed by atoms with Gasteiger partial charge in [0.05, 0.1) is 6.54 Å². The summed E-state index contributed by atoms with van der Waals surface area (Å²) in [6.07, 6.45) is 12.4. The van der Waals surface area contributed by atoms with E-state index >= 15 is 0 Å². The number of fused-ring (bicyclic) bond motifs is 1. The fraction of sp³-hybridized carbons (Fsp3) is 0.500. The maximum Gasteiger partial charge on any atom is 0.262 e. The molecule has 0 saturated heterocycles. The molecule has 0 atom stereocenters. The zero-order valence-electron chi connectivity index (χ0n) is 27.2. The zero-order valence-corrected chi connectivity index (χ0v) is 27.2. The van der Waals surface area contributed by atoms with Crippen LogP contribution in [-0.2, 0) is 13.0 Å². The topological polar surface area (TPSA) is 117 Å². The fourth-order valence-corrected chi connectivity index (χ4v) is 6.95. The van der Waals surface area contributed by atoms with Crippen molar-refractivity contribution in [2.24, 2.45) is 5.41 Å². The van der Waals surface area contributed by atoms with E-state index in [0.717, 1.165) is 71.2 Å². The van der Waals surface area contributed by atoms with Crippen LogP contribution in [0.1, 0.15) is 96.4 Å². The number of hydrogen-bond donors (Lipinski definition) is 1. The van der Waals surface area contributed by atoms with Gasteiger partial charge in [-0.05, 0) is 78.7 Å². The summed E-state index contributed by atoms with van der Waals surface area (Å²) in [5, 5.41) is 24.4. The van der Waals surface area contributed by atoms with Gasteiger partial charge in [0.15, 0.2) is 5.52 Å². The second kappa shape index (κ2) is 13.2. The first-order valence-corrected chi connectivity index (χ1v) is 16.9. The van der Waals surface area contributed by atoms with Gasteiger partial charge in [0.2, 0.25) is 5.82 Å². The summed E-state index contributed by atoms with van der Waals surface area (Å²) in [7, 11) is 0. The number of aromatic amines is 1. The van der Waals surface area contributed by atoms with Crippen molar-refractivity contribution < 1.29 is 9.47 Å². The average molecular weight is 621 g/mol. The molecule has 0 radical (unpaired) electrons. The van der Waals surface area contributed by atoms with E-state index in [-0.39, 0.29) is 17.6 Å². The summed E-state index contributed by atoms with van der Waals surface area (Å²) in [6, 6.07) is 16.7. The van der Waals surface area contributed by atoms with E-state index in [0.29, 0.717) is 24.1 Å². The summed E-state index contributed by atoms with van der Waals surface area (Å²) >= 11 is 0. The van der Waals surface area contributed by atoms with Gasteiger partial charge >= 0.3 is 0 Å². The molecule has 46 heavy (non-hydrogen) atoms. The van der Waals surface area contributed by atoms with Crippen molar-refractivity contribution in [1.82, 2.24) is 40.4 Å². The van der Waals surface area contributed by atoms with Crippen LogP contribution in [0.2, 0.25) is 0 Å². The molecule has 10 nitrogen and oxygen atoms in total. The van der Waals surface area contributed by atoms with Crippen LogP contribution >= 0.6 is 0 Å². The van der Waals surface area contributed by atoms with Gasteiger partial charge in [-0.15, -0.1) is 20.4 Å². The van der Waals surface area contributed by atoms with Gasteiger partial charge < -0.3 is 14.0 Å². The summed E-state index contributed by atoms with van der Waals surface area (Å²) in [6.45, 7) is 7.33. The van der Waals surface area contributed by atoms with E-state index in [1.165, 1.54) is 38.5 Å². The van der Waals surface area contributed by atoms with Gasteiger partial charge in [-0.3, -0.25) is 0 Å². The second-order valence-corrected chi connectivity index (χ2v) is 14.1. The average Bonchev–Trinajstić information content (AvgIpc) is 3.72. The molecule has 1 N–H and O–H groups in total. The monoisotopic (exact) mass is 620 g/mol. The minimum absolute atomic E-state index is 0.000493. The van der Waals surface area contributed by atoms with E-state index in [9.17, 15) is 0 Å².